The van der Waals surface area contributed by atoms with Gasteiger partial charge in [-0.3, -0.25) is 8.98 Å². The van der Waals surface area contributed by atoms with E-state index in [0.717, 1.165) is 25.5 Å². The Morgan fingerprint density at radius 3 is 2.48 bits per heavy atom. The molecule has 1 rings (SSSR count). The summed E-state index contributed by atoms with van der Waals surface area (Å²) < 4.78 is 31.2. The van der Waals surface area contributed by atoms with E-state index in [-0.39, 0.29) is 30.7 Å². The van der Waals surface area contributed by atoms with E-state index in [0.29, 0.717) is 12.8 Å². The van der Waals surface area contributed by atoms with Crippen molar-refractivity contribution in [2.75, 3.05) is 20.0 Å². The standard InChI is InChI=1S/C12H22N2O6S/c1-19-11(15)7-5-3-4-6-9-10(14-12(16)13-9)8-20-21(2,17)18/h9-10H,3-8H2,1-2H3,(H2,13,14,16)/t9-,10-/m1/s1. The van der Waals surface area contributed by atoms with Crippen LogP contribution >= 0.6 is 0 Å². The monoisotopic (exact) mass is 322 g/mol. The molecular weight excluding hydrogens is 300 g/mol. The Balaban J connectivity index is 2.28. The van der Waals surface area contributed by atoms with Gasteiger partial charge in [0.15, 0.2) is 0 Å². The molecule has 21 heavy (non-hydrogen) atoms. The van der Waals surface area contributed by atoms with Crippen LogP contribution < -0.4 is 10.6 Å². The normalized spacial score (nSPS) is 21.7. The molecule has 0 aliphatic carbocycles. The number of unbranched alkanes of at least 4 members (excludes halogenated alkanes) is 2. The van der Waals surface area contributed by atoms with E-state index in [2.05, 4.69) is 15.4 Å². The van der Waals surface area contributed by atoms with Gasteiger partial charge in [-0.2, -0.15) is 8.42 Å². The Morgan fingerprint density at radius 1 is 1.19 bits per heavy atom. The third-order valence-corrected chi connectivity index (χ3v) is 3.77. The molecule has 0 aromatic heterocycles. The molecule has 2 atom stereocenters. The molecule has 0 bridgehead atoms. The van der Waals surface area contributed by atoms with Crippen molar-refractivity contribution in [3.8, 4) is 0 Å². The summed E-state index contributed by atoms with van der Waals surface area (Å²) >= 11 is 0. The van der Waals surface area contributed by atoms with E-state index in [1.165, 1.54) is 7.11 Å². The number of carbonyl (C=O) groups is 2. The van der Waals surface area contributed by atoms with E-state index in [1.807, 2.05) is 0 Å². The highest BCUT2D eigenvalue weighted by molar-refractivity contribution is 7.85. The Kier molecular flexibility index (Phi) is 6.90. The van der Waals surface area contributed by atoms with E-state index >= 15 is 0 Å². The lowest BCUT2D eigenvalue weighted by atomic mass is 10.0. The summed E-state index contributed by atoms with van der Waals surface area (Å²) in [5.41, 5.74) is 0. The fraction of sp³-hybridized carbons (Fsp3) is 0.833. The number of nitrogens with one attached hydrogen (secondary N) is 2. The quantitative estimate of drug-likeness (QED) is 0.355. The third-order valence-electron chi connectivity index (χ3n) is 3.20. The van der Waals surface area contributed by atoms with Crippen LogP contribution in [-0.4, -0.2) is 52.5 Å². The number of rotatable bonds is 9. The number of ether oxygens (including phenoxy) is 1. The lowest BCUT2D eigenvalue weighted by Gasteiger charge is -2.17. The number of hydrogen-bond acceptors (Lipinski definition) is 6. The second-order valence-electron chi connectivity index (χ2n) is 4.99. The molecule has 0 radical (unpaired) electrons. The van der Waals surface area contributed by atoms with Crippen molar-refractivity contribution in [3.05, 3.63) is 0 Å². The van der Waals surface area contributed by atoms with Crippen LogP contribution in [0.2, 0.25) is 0 Å². The van der Waals surface area contributed by atoms with Crippen LogP contribution in [0.1, 0.15) is 32.1 Å². The Hall–Kier alpha value is -1.35. The topological polar surface area (TPSA) is 111 Å². The fourth-order valence-electron chi connectivity index (χ4n) is 2.12. The third kappa shape index (κ3) is 7.28. The summed E-state index contributed by atoms with van der Waals surface area (Å²) in [4.78, 5) is 22.3. The molecule has 0 aromatic rings. The van der Waals surface area contributed by atoms with Crippen LogP contribution in [-0.2, 0) is 23.8 Å². The van der Waals surface area contributed by atoms with Crippen molar-refractivity contribution in [3.63, 3.8) is 0 Å². The largest absolute Gasteiger partial charge is 0.469 e. The van der Waals surface area contributed by atoms with Crippen molar-refractivity contribution in [1.29, 1.82) is 0 Å². The average Bonchev–Trinajstić information content (AvgIpc) is 2.75. The van der Waals surface area contributed by atoms with Crippen molar-refractivity contribution in [2.24, 2.45) is 0 Å². The molecule has 0 unspecified atom stereocenters. The molecule has 1 heterocycles. The molecule has 1 aliphatic heterocycles. The van der Waals surface area contributed by atoms with Crippen molar-refractivity contribution >= 4 is 22.1 Å². The SMILES string of the molecule is COC(=O)CCCCC[C@H]1NC(=O)N[C@@H]1COS(C)(=O)=O. The van der Waals surface area contributed by atoms with Crippen LogP contribution in [0.5, 0.6) is 0 Å². The predicted molar refractivity (Wildman–Crippen MR) is 75.1 cm³/mol. The fourth-order valence-corrected chi connectivity index (χ4v) is 2.51. The van der Waals surface area contributed by atoms with Gasteiger partial charge in [0.05, 0.1) is 32.1 Å². The lowest BCUT2D eigenvalue weighted by Crippen LogP contribution is -2.38. The van der Waals surface area contributed by atoms with Crippen LogP contribution in [0.25, 0.3) is 0 Å². The van der Waals surface area contributed by atoms with Gasteiger partial charge in [-0.15, -0.1) is 0 Å². The van der Waals surface area contributed by atoms with Crippen molar-refractivity contribution < 1.29 is 26.9 Å². The number of urea groups is 1. The number of esters is 1. The summed E-state index contributed by atoms with van der Waals surface area (Å²) in [5, 5.41) is 5.37. The predicted octanol–water partition coefficient (Wildman–Crippen LogP) is 0.136. The Labute approximate surface area is 124 Å². The first-order valence-corrected chi connectivity index (χ1v) is 8.61. The Morgan fingerprint density at radius 2 is 1.86 bits per heavy atom. The highest BCUT2D eigenvalue weighted by Gasteiger charge is 2.31. The van der Waals surface area contributed by atoms with Gasteiger partial charge in [0.25, 0.3) is 10.1 Å². The minimum Gasteiger partial charge on any atom is -0.469 e. The average molecular weight is 322 g/mol. The zero-order chi connectivity index (χ0) is 15.9. The second kappa shape index (κ2) is 8.18. The first-order valence-electron chi connectivity index (χ1n) is 6.80. The van der Waals surface area contributed by atoms with Gasteiger partial charge in [0.1, 0.15) is 0 Å². The maximum Gasteiger partial charge on any atom is 0.315 e. The van der Waals surface area contributed by atoms with Gasteiger partial charge in [-0.1, -0.05) is 12.8 Å². The molecule has 2 amide bonds. The van der Waals surface area contributed by atoms with Crippen LogP contribution in [0.15, 0.2) is 0 Å². The molecule has 0 spiro atoms. The number of hydrogen-bond donors (Lipinski definition) is 2. The molecule has 1 aliphatic rings. The second-order valence-corrected chi connectivity index (χ2v) is 6.64. The minimum absolute atomic E-state index is 0.0790. The number of methoxy groups -OCH3 is 1. The van der Waals surface area contributed by atoms with E-state index in [9.17, 15) is 18.0 Å². The number of carbonyl (C=O) groups excluding carboxylic acids is 2. The summed E-state index contributed by atoms with van der Waals surface area (Å²) in [5.74, 6) is -0.231. The van der Waals surface area contributed by atoms with Gasteiger partial charge in [0.2, 0.25) is 0 Å². The molecule has 1 fully saturated rings. The van der Waals surface area contributed by atoms with Gasteiger partial charge in [0, 0.05) is 6.42 Å². The van der Waals surface area contributed by atoms with Gasteiger partial charge >= 0.3 is 12.0 Å². The van der Waals surface area contributed by atoms with E-state index < -0.39 is 10.1 Å². The maximum atomic E-state index is 11.3. The molecule has 1 saturated heterocycles. The van der Waals surface area contributed by atoms with Crippen molar-refractivity contribution in [2.45, 2.75) is 44.2 Å². The van der Waals surface area contributed by atoms with Crippen LogP contribution in [0.3, 0.4) is 0 Å². The van der Waals surface area contributed by atoms with Gasteiger partial charge in [-0.25, -0.2) is 4.79 Å². The zero-order valence-electron chi connectivity index (χ0n) is 12.3. The molecule has 122 valence electrons. The number of amides is 2. The van der Waals surface area contributed by atoms with Crippen molar-refractivity contribution in [1.82, 2.24) is 10.6 Å². The summed E-state index contributed by atoms with van der Waals surface area (Å²) in [6, 6.07) is -0.859. The van der Waals surface area contributed by atoms with E-state index in [1.54, 1.807) is 0 Å². The highest BCUT2D eigenvalue weighted by atomic mass is 32.2. The van der Waals surface area contributed by atoms with Crippen LogP contribution in [0.4, 0.5) is 4.79 Å². The molecule has 2 N–H and O–H groups in total. The first kappa shape index (κ1) is 17.7. The smallest absolute Gasteiger partial charge is 0.315 e. The molecular formula is C12H22N2O6S. The van der Waals surface area contributed by atoms with Gasteiger partial charge < -0.3 is 15.4 Å². The summed E-state index contributed by atoms with van der Waals surface area (Å²) in [7, 11) is -2.17. The minimum atomic E-state index is -3.52. The zero-order valence-corrected chi connectivity index (χ0v) is 13.1. The molecule has 9 heteroatoms. The summed E-state index contributed by atoms with van der Waals surface area (Å²) in [6.45, 7) is -0.0790. The summed E-state index contributed by atoms with van der Waals surface area (Å²) in [6.07, 6.45) is 4.43. The Bertz CT molecular complexity index is 464. The van der Waals surface area contributed by atoms with Crippen LogP contribution in [0, 0.1) is 0 Å². The molecule has 8 nitrogen and oxygen atoms in total. The lowest BCUT2D eigenvalue weighted by molar-refractivity contribution is -0.140. The highest BCUT2D eigenvalue weighted by Crippen LogP contribution is 2.13. The maximum absolute atomic E-state index is 11.3. The van der Waals surface area contributed by atoms with E-state index in [4.69, 9.17) is 4.18 Å². The molecule has 0 aromatic carbocycles. The van der Waals surface area contributed by atoms with Gasteiger partial charge in [-0.05, 0) is 12.8 Å². The first-order chi connectivity index (χ1) is 9.81. The molecule has 0 saturated carbocycles.